The quantitative estimate of drug-likeness (QED) is 0.816. The molecule has 0 saturated carbocycles. The highest BCUT2D eigenvalue weighted by atomic mass is 32.2. The molecule has 2 N–H and O–H groups in total. The van der Waals surface area contributed by atoms with Crippen LogP contribution in [-0.4, -0.2) is 42.8 Å². The number of nitrogens with two attached hydrogens (primary N) is 1. The number of aliphatic imine (C=N–C) groups is 1. The molecule has 2 aromatic heterocycles. The molecule has 8 nitrogen and oxygen atoms in total. The van der Waals surface area contributed by atoms with Gasteiger partial charge in [0, 0.05) is 25.1 Å². The summed E-state index contributed by atoms with van der Waals surface area (Å²) in [5.74, 6) is 0.407. The number of anilines is 2. The number of hydrogen-bond donors (Lipinski definition) is 1. The van der Waals surface area contributed by atoms with Crippen LogP contribution in [0.5, 0.6) is 0 Å². The summed E-state index contributed by atoms with van der Waals surface area (Å²) < 4.78 is 13.7. The Kier molecular flexibility index (Phi) is 3.88. The Labute approximate surface area is 150 Å². The summed E-state index contributed by atoms with van der Waals surface area (Å²) in [5, 5.41) is 4.28. The second-order valence-corrected chi connectivity index (χ2v) is 8.60. The molecule has 0 bridgehead atoms. The van der Waals surface area contributed by atoms with Gasteiger partial charge in [-0.25, -0.2) is 14.7 Å². The van der Waals surface area contributed by atoms with Crippen LogP contribution in [0.3, 0.4) is 0 Å². The number of hydrogen-bond acceptors (Lipinski definition) is 8. The molecule has 10 heteroatoms. The van der Waals surface area contributed by atoms with E-state index in [4.69, 9.17) is 5.73 Å². The first-order valence-electron chi connectivity index (χ1n) is 7.57. The van der Waals surface area contributed by atoms with Crippen LogP contribution in [0.2, 0.25) is 0 Å². The van der Waals surface area contributed by atoms with Gasteiger partial charge in [-0.05, 0) is 17.7 Å². The Balaban J connectivity index is 1.70. The van der Waals surface area contributed by atoms with Crippen LogP contribution < -0.4 is 16.2 Å². The lowest BCUT2D eigenvalue weighted by molar-refractivity contribution is 0.636. The van der Waals surface area contributed by atoms with Crippen molar-refractivity contribution in [3.63, 3.8) is 0 Å². The van der Waals surface area contributed by atoms with Crippen molar-refractivity contribution in [1.29, 1.82) is 0 Å². The molecule has 3 unspecified atom stereocenters. The van der Waals surface area contributed by atoms with Crippen molar-refractivity contribution >= 4 is 38.4 Å². The summed E-state index contributed by atoms with van der Waals surface area (Å²) >= 11 is 1.45. The van der Waals surface area contributed by atoms with Gasteiger partial charge in [-0.1, -0.05) is 11.8 Å². The van der Waals surface area contributed by atoms with Crippen molar-refractivity contribution in [2.75, 3.05) is 23.9 Å². The average Bonchev–Trinajstić information content (AvgIpc) is 3.10. The zero-order chi connectivity index (χ0) is 17.7. The first kappa shape index (κ1) is 16.3. The average molecular weight is 376 g/mol. The van der Waals surface area contributed by atoms with E-state index in [-0.39, 0.29) is 17.0 Å². The number of likely N-dealkylation sites (N-methyl/N-ethyl adjacent to an activating group) is 1. The van der Waals surface area contributed by atoms with Crippen LogP contribution in [-0.2, 0) is 17.3 Å². The smallest absolute Gasteiger partial charge is 0.290 e. The van der Waals surface area contributed by atoms with Gasteiger partial charge >= 0.3 is 0 Å². The van der Waals surface area contributed by atoms with Crippen molar-refractivity contribution in [3.05, 3.63) is 46.0 Å². The second kappa shape index (κ2) is 5.95. The summed E-state index contributed by atoms with van der Waals surface area (Å²) in [6.07, 6.45) is 4.73. The molecule has 4 heterocycles. The predicted octanol–water partition coefficient (Wildman–Crippen LogP) is 0.567. The van der Waals surface area contributed by atoms with E-state index in [2.05, 4.69) is 15.1 Å². The molecule has 0 spiro atoms. The predicted molar refractivity (Wildman–Crippen MR) is 100 cm³/mol. The summed E-state index contributed by atoms with van der Waals surface area (Å²) in [5.41, 5.74) is 7.83. The topological polar surface area (TPSA) is 106 Å². The molecule has 2 aromatic rings. The van der Waals surface area contributed by atoms with E-state index in [0.717, 1.165) is 11.1 Å². The lowest BCUT2D eigenvalue weighted by atomic mass is 10.2. The molecule has 0 fully saturated rings. The minimum absolute atomic E-state index is 0.0367. The Morgan fingerprint density at radius 1 is 1.44 bits per heavy atom. The van der Waals surface area contributed by atoms with E-state index >= 15 is 0 Å². The number of aromatic nitrogens is 3. The molecular formula is C15H16N6O2S2. The Hall–Kier alpha value is -2.20. The number of thioether (sulfide) groups is 1. The molecule has 3 atom stereocenters. The van der Waals surface area contributed by atoms with E-state index in [1.807, 2.05) is 11.9 Å². The van der Waals surface area contributed by atoms with E-state index < -0.39 is 10.8 Å². The van der Waals surface area contributed by atoms with Crippen molar-refractivity contribution in [2.45, 2.75) is 18.0 Å². The zero-order valence-electron chi connectivity index (χ0n) is 13.6. The largest absolute Gasteiger partial charge is 0.384 e. The van der Waals surface area contributed by atoms with Gasteiger partial charge < -0.3 is 10.6 Å². The molecule has 25 heavy (non-hydrogen) atoms. The third-order valence-corrected chi connectivity index (χ3v) is 6.91. The van der Waals surface area contributed by atoms with Crippen LogP contribution in [0.1, 0.15) is 16.4 Å². The van der Waals surface area contributed by atoms with Gasteiger partial charge in [0.1, 0.15) is 17.7 Å². The summed E-state index contributed by atoms with van der Waals surface area (Å²) in [6.45, 7) is 0.322. The highest BCUT2D eigenvalue weighted by Gasteiger charge is 2.44. The van der Waals surface area contributed by atoms with Crippen LogP contribution in [0.15, 0.2) is 34.3 Å². The first-order valence-corrected chi connectivity index (χ1v) is 10.0. The van der Waals surface area contributed by atoms with Crippen LogP contribution >= 0.6 is 11.8 Å². The molecule has 4 rings (SSSR count). The lowest BCUT2D eigenvalue weighted by Gasteiger charge is -2.17. The maximum atomic E-state index is 12.9. The van der Waals surface area contributed by atoms with Crippen LogP contribution in [0.4, 0.5) is 11.5 Å². The fraction of sp³-hybridized carbons (Fsp3) is 0.333. The van der Waals surface area contributed by atoms with Crippen molar-refractivity contribution < 1.29 is 4.21 Å². The fourth-order valence-electron chi connectivity index (χ4n) is 3.10. The number of nitrogens with zero attached hydrogens (tertiary/aromatic N) is 5. The van der Waals surface area contributed by atoms with Crippen LogP contribution in [0, 0.1) is 0 Å². The van der Waals surface area contributed by atoms with E-state index in [1.54, 1.807) is 30.8 Å². The molecule has 0 aromatic carbocycles. The summed E-state index contributed by atoms with van der Waals surface area (Å²) in [7, 11) is 0.723. The molecule has 0 aliphatic carbocycles. The maximum Gasteiger partial charge on any atom is 0.290 e. The van der Waals surface area contributed by atoms with Crippen LogP contribution in [0.25, 0.3) is 0 Å². The van der Waals surface area contributed by atoms with Crippen molar-refractivity contribution in [2.24, 2.45) is 4.99 Å². The summed E-state index contributed by atoms with van der Waals surface area (Å²) in [6, 6.07) is 3.53. The second-order valence-electron chi connectivity index (χ2n) is 5.91. The van der Waals surface area contributed by atoms with E-state index in [9.17, 15) is 9.00 Å². The molecule has 2 aliphatic heterocycles. The normalized spacial score (nSPS) is 22.5. The Bertz CT molecular complexity index is 973. The van der Waals surface area contributed by atoms with Gasteiger partial charge in [0.2, 0.25) is 0 Å². The third-order valence-electron chi connectivity index (χ3n) is 4.26. The minimum Gasteiger partial charge on any atom is -0.384 e. The van der Waals surface area contributed by atoms with Gasteiger partial charge in [0.25, 0.3) is 5.56 Å². The molecule has 0 radical (unpaired) electrons. The lowest BCUT2D eigenvalue weighted by Crippen LogP contribution is -2.32. The molecule has 130 valence electrons. The molecule has 0 amide bonds. The van der Waals surface area contributed by atoms with Gasteiger partial charge in [-0.2, -0.15) is 5.10 Å². The van der Waals surface area contributed by atoms with Gasteiger partial charge in [-0.3, -0.25) is 9.00 Å². The first-order chi connectivity index (χ1) is 12.0. The minimum atomic E-state index is -1.12. The zero-order valence-corrected chi connectivity index (χ0v) is 15.3. The third kappa shape index (κ3) is 2.65. The van der Waals surface area contributed by atoms with Crippen molar-refractivity contribution in [3.8, 4) is 0 Å². The monoisotopic (exact) mass is 376 g/mol. The number of pyridine rings is 1. The van der Waals surface area contributed by atoms with E-state index in [0.29, 0.717) is 22.4 Å². The maximum absolute atomic E-state index is 12.9. The van der Waals surface area contributed by atoms with Gasteiger partial charge in [-0.15, -0.1) is 0 Å². The molecule has 2 aliphatic rings. The SMILES string of the molecule is CN1c2c(cnn(Cc3ccnc(N)c3)c2=O)C2SC(S(C)=O)=NC21. The highest BCUT2D eigenvalue weighted by molar-refractivity contribution is 8.33. The molecular weight excluding hydrogens is 360 g/mol. The van der Waals surface area contributed by atoms with Gasteiger partial charge in [0.15, 0.2) is 4.38 Å². The number of fused-ring (bicyclic) bond motifs is 3. The summed E-state index contributed by atoms with van der Waals surface area (Å²) in [4.78, 5) is 23.2. The van der Waals surface area contributed by atoms with Gasteiger partial charge in [0.05, 0.1) is 28.8 Å². The van der Waals surface area contributed by atoms with E-state index in [1.165, 1.54) is 16.4 Å². The fourth-order valence-corrected chi connectivity index (χ4v) is 5.26. The Morgan fingerprint density at radius 3 is 2.96 bits per heavy atom. The van der Waals surface area contributed by atoms with Crippen molar-refractivity contribution in [1.82, 2.24) is 14.8 Å². The Morgan fingerprint density at radius 2 is 2.24 bits per heavy atom. The molecule has 0 saturated heterocycles. The highest BCUT2D eigenvalue weighted by Crippen LogP contribution is 2.49. The number of rotatable bonds is 2. The standard InChI is InChI=1S/C15H16N6O2S2/c1-20-11-9(12-13(20)19-15(24-12)25(2)23)6-18-21(14(11)22)7-8-3-4-17-10(16)5-8/h3-6,12-13H,7H2,1-2H3,(H2,16,17). The number of nitrogen functional groups attached to an aromatic ring is 1.